The van der Waals surface area contributed by atoms with Gasteiger partial charge in [-0.15, -0.1) is 0 Å². The molecule has 0 N–H and O–H groups in total. The van der Waals surface area contributed by atoms with E-state index in [0.717, 1.165) is 38.4 Å². The molecule has 3 aromatic heterocycles. The first kappa shape index (κ1) is 21.0. The quantitative estimate of drug-likeness (QED) is 0.345. The number of hydrogen-bond acceptors (Lipinski definition) is 5. The lowest BCUT2D eigenvalue weighted by Gasteiger charge is -2.19. The summed E-state index contributed by atoms with van der Waals surface area (Å²) in [7, 11) is 0. The molecular weight excluding hydrogens is 430 g/mol. The molecular formula is C26H23N5OS. The number of anilines is 1. The van der Waals surface area contributed by atoms with Crippen molar-refractivity contribution in [3.63, 3.8) is 0 Å². The average Bonchev–Trinajstić information content (AvgIpc) is 3.42. The van der Waals surface area contributed by atoms with E-state index in [-0.39, 0.29) is 5.91 Å². The van der Waals surface area contributed by atoms with Crippen LogP contribution < -0.4 is 4.90 Å². The summed E-state index contributed by atoms with van der Waals surface area (Å²) >= 11 is 1.53. The van der Waals surface area contributed by atoms with E-state index in [0.29, 0.717) is 17.2 Å². The van der Waals surface area contributed by atoms with E-state index in [1.807, 2.05) is 55.5 Å². The normalized spacial score (nSPS) is 11.1. The van der Waals surface area contributed by atoms with Gasteiger partial charge in [-0.25, -0.2) is 9.67 Å². The second-order valence-electron chi connectivity index (χ2n) is 8.03. The summed E-state index contributed by atoms with van der Waals surface area (Å²) in [6, 6.07) is 19.7. The molecule has 0 aliphatic carbocycles. The van der Waals surface area contributed by atoms with Gasteiger partial charge in [0.2, 0.25) is 0 Å². The number of fused-ring (bicyclic) bond motifs is 1. The Morgan fingerprint density at radius 1 is 1.03 bits per heavy atom. The first-order valence-corrected chi connectivity index (χ1v) is 11.5. The smallest absolute Gasteiger partial charge is 0.263 e. The van der Waals surface area contributed by atoms with Gasteiger partial charge in [0, 0.05) is 6.20 Å². The van der Waals surface area contributed by atoms with Crippen LogP contribution in [0.3, 0.4) is 0 Å². The van der Waals surface area contributed by atoms with Crippen LogP contribution in [0.4, 0.5) is 5.13 Å². The molecule has 0 fully saturated rings. The fraction of sp³-hybridized carbons (Fsp3) is 0.154. The van der Waals surface area contributed by atoms with Gasteiger partial charge in [0.15, 0.2) is 5.13 Å². The molecule has 7 heteroatoms. The zero-order chi connectivity index (χ0) is 22.9. The number of benzene rings is 2. The van der Waals surface area contributed by atoms with Gasteiger partial charge >= 0.3 is 0 Å². The monoisotopic (exact) mass is 453 g/mol. The number of rotatable bonds is 5. The highest BCUT2D eigenvalue weighted by atomic mass is 32.1. The molecule has 0 saturated heterocycles. The number of amides is 1. The number of pyridine rings is 1. The minimum absolute atomic E-state index is 0.145. The van der Waals surface area contributed by atoms with Crippen molar-refractivity contribution in [3.8, 4) is 5.69 Å². The molecule has 0 unspecified atom stereocenters. The second kappa shape index (κ2) is 8.60. The van der Waals surface area contributed by atoms with E-state index in [1.54, 1.807) is 22.0 Å². The molecule has 6 nitrogen and oxygen atoms in total. The molecule has 0 aliphatic heterocycles. The molecule has 0 bridgehead atoms. The summed E-state index contributed by atoms with van der Waals surface area (Å²) in [5.74, 6) is -0.145. The summed E-state index contributed by atoms with van der Waals surface area (Å²) in [6.07, 6.45) is 3.38. The highest BCUT2D eigenvalue weighted by molar-refractivity contribution is 7.22. The highest BCUT2D eigenvalue weighted by Gasteiger charge is 2.26. The van der Waals surface area contributed by atoms with Crippen LogP contribution in [0, 0.1) is 20.8 Å². The number of aryl methyl sites for hydroxylation is 2. The van der Waals surface area contributed by atoms with Crippen molar-refractivity contribution < 1.29 is 4.79 Å². The van der Waals surface area contributed by atoms with Crippen molar-refractivity contribution in [1.82, 2.24) is 19.7 Å². The maximum atomic E-state index is 13.9. The van der Waals surface area contributed by atoms with Crippen LogP contribution in [0.2, 0.25) is 0 Å². The number of carbonyl (C=O) groups is 1. The number of hydrogen-bond donors (Lipinski definition) is 0. The van der Waals surface area contributed by atoms with Gasteiger partial charge in [-0.05, 0) is 62.2 Å². The molecule has 33 heavy (non-hydrogen) atoms. The topological polar surface area (TPSA) is 63.9 Å². The van der Waals surface area contributed by atoms with Gasteiger partial charge in [0.1, 0.15) is 0 Å². The van der Waals surface area contributed by atoms with Gasteiger partial charge in [0.05, 0.1) is 45.6 Å². The average molecular weight is 454 g/mol. The molecule has 0 spiro atoms. The maximum absolute atomic E-state index is 13.9. The lowest BCUT2D eigenvalue weighted by molar-refractivity contribution is 0.0984. The number of aromatic nitrogens is 4. The molecule has 0 atom stereocenters. The number of thiazole rings is 1. The second-order valence-corrected chi connectivity index (χ2v) is 9.01. The van der Waals surface area contributed by atoms with Gasteiger partial charge in [-0.2, -0.15) is 5.10 Å². The van der Waals surface area contributed by atoms with E-state index < -0.39 is 0 Å². The summed E-state index contributed by atoms with van der Waals surface area (Å²) in [4.78, 5) is 24.8. The van der Waals surface area contributed by atoms with Gasteiger partial charge in [-0.3, -0.25) is 14.7 Å². The predicted octanol–water partition coefficient (Wildman–Crippen LogP) is 5.65. The Kier molecular flexibility index (Phi) is 5.48. The third-order valence-corrected chi connectivity index (χ3v) is 6.80. The highest BCUT2D eigenvalue weighted by Crippen LogP contribution is 2.34. The third kappa shape index (κ3) is 4.03. The Bertz CT molecular complexity index is 1440. The summed E-state index contributed by atoms with van der Waals surface area (Å²) in [6.45, 7) is 6.38. The van der Waals surface area contributed by atoms with Crippen LogP contribution in [0.5, 0.6) is 0 Å². The zero-order valence-corrected chi connectivity index (χ0v) is 19.5. The van der Waals surface area contributed by atoms with Crippen molar-refractivity contribution in [2.24, 2.45) is 0 Å². The minimum Gasteiger partial charge on any atom is -0.278 e. The van der Waals surface area contributed by atoms with Crippen molar-refractivity contribution in [2.45, 2.75) is 27.3 Å². The zero-order valence-electron chi connectivity index (χ0n) is 18.7. The lowest BCUT2D eigenvalue weighted by Crippen LogP contribution is -2.31. The summed E-state index contributed by atoms with van der Waals surface area (Å²) in [5, 5.41) is 5.15. The Morgan fingerprint density at radius 3 is 2.58 bits per heavy atom. The van der Waals surface area contributed by atoms with E-state index in [4.69, 9.17) is 4.98 Å². The summed E-state index contributed by atoms with van der Waals surface area (Å²) in [5.41, 5.74) is 6.25. The van der Waals surface area contributed by atoms with Gasteiger partial charge in [-0.1, -0.05) is 41.7 Å². The van der Waals surface area contributed by atoms with Crippen molar-refractivity contribution in [1.29, 1.82) is 0 Å². The fourth-order valence-electron chi connectivity index (χ4n) is 3.95. The molecule has 5 rings (SSSR count). The number of nitrogens with zero attached hydrogens (tertiary/aromatic N) is 5. The Hall–Kier alpha value is -3.84. The molecule has 1 amide bonds. The van der Waals surface area contributed by atoms with E-state index >= 15 is 0 Å². The molecule has 3 heterocycles. The number of para-hydroxylation sites is 1. The fourth-order valence-corrected chi connectivity index (χ4v) is 4.97. The van der Waals surface area contributed by atoms with Gasteiger partial charge in [0.25, 0.3) is 5.91 Å². The van der Waals surface area contributed by atoms with Crippen molar-refractivity contribution in [2.75, 3.05) is 4.90 Å². The largest absolute Gasteiger partial charge is 0.278 e. The van der Waals surface area contributed by atoms with Crippen LogP contribution in [0.1, 0.15) is 32.9 Å². The molecule has 2 aromatic carbocycles. The van der Waals surface area contributed by atoms with Gasteiger partial charge < -0.3 is 0 Å². The van der Waals surface area contributed by atoms with Crippen LogP contribution in [0.15, 0.2) is 73.1 Å². The Balaban J connectivity index is 1.59. The third-order valence-electron chi connectivity index (χ3n) is 5.57. The molecule has 164 valence electrons. The molecule has 5 aromatic rings. The molecule has 0 aliphatic rings. The number of carbonyl (C=O) groups excluding carboxylic acids is 1. The van der Waals surface area contributed by atoms with Crippen LogP contribution >= 0.6 is 11.3 Å². The SMILES string of the molecule is Cc1cc(C)c2sc(N(Cc3ccccn3)C(=O)c3cnn(-c4ccccc4)c3C)nc2c1. The predicted molar refractivity (Wildman–Crippen MR) is 132 cm³/mol. The first-order valence-electron chi connectivity index (χ1n) is 10.7. The van der Waals surface area contributed by atoms with E-state index in [2.05, 4.69) is 36.1 Å². The lowest BCUT2D eigenvalue weighted by atomic mass is 10.1. The Morgan fingerprint density at radius 2 is 1.82 bits per heavy atom. The first-order chi connectivity index (χ1) is 16.0. The molecule has 0 saturated carbocycles. The van der Waals surface area contributed by atoms with Crippen LogP contribution in [-0.4, -0.2) is 25.7 Å². The maximum Gasteiger partial charge on any atom is 0.263 e. The standard InChI is InChI=1S/C26H23N5OS/c1-17-13-18(2)24-23(14-17)29-26(33-24)30(16-20-9-7-8-12-27-20)25(32)22-15-28-31(19(22)3)21-10-5-4-6-11-21/h4-15H,16H2,1-3H3. The molecule has 0 radical (unpaired) electrons. The van der Waals surface area contributed by atoms with Crippen molar-refractivity contribution in [3.05, 3.63) is 101 Å². The minimum atomic E-state index is -0.145. The van der Waals surface area contributed by atoms with E-state index in [1.165, 1.54) is 11.3 Å². The van der Waals surface area contributed by atoms with Crippen LogP contribution in [-0.2, 0) is 6.54 Å². The van der Waals surface area contributed by atoms with E-state index in [9.17, 15) is 4.79 Å². The Labute approximate surface area is 196 Å². The van der Waals surface area contributed by atoms with Crippen LogP contribution in [0.25, 0.3) is 15.9 Å². The van der Waals surface area contributed by atoms with Crippen molar-refractivity contribution >= 4 is 32.6 Å². The summed E-state index contributed by atoms with van der Waals surface area (Å²) < 4.78 is 2.88.